The summed E-state index contributed by atoms with van der Waals surface area (Å²) in [5, 5.41) is 1.71. The number of hydrogen-bond acceptors (Lipinski definition) is 12. The number of para-hydroxylation sites is 2. The second-order valence-corrected chi connectivity index (χ2v) is 16.6. The molecule has 4 aromatic carbocycles. The number of aromatic nitrogens is 2. The van der Waals surface area contributed by atoms with Gasteiger partial charge >= 0.3 is 0 Å². The Kier molecular flexibility index (Phi) is 10.6. The van der Waals surface area contributed by atoms with Gasteiger partial charge in [-0.25, -0.2) is 18.4 Å². The van der Waals surface area contributed by atoms with Crippen LogP contribution < -0.4 is 15.5 Å². The number of ether oxygens (including phenoxy) is 2. The Labute approximate surface area is 325 Å². The molecule has 2 aliphatic heterocycles. The van der Waals surface area contributed by atoms with Gasteiger partial charge in [-0.1, -0.05) is 52.0 Å². The third kappa shape index (κ3) is 7.84. The molecule has 0 spiro atoms. The molecule has 2 fully saturated rings. The molecule has 2 N–H and O–H groups in total. The monoisotopic (exact) mass is 825 g/mol. The molecule has 0 saturated carbocycles. The number of fused-ring (bicyclic) bond motifs is 2. The Morgan fingerprint density at radius 2 is 1.28 bits per heavy atom. The number of halogens is 1. The van der Waals surface area contributed by atoms with Crippen LogP contribution in [-0.2, 0) is 19.3 Å². The Morgan fingerprint density at radius 3 is 1.96 bits per heavy atom. The van der Waals surface area contributed by atoms with Crippen molar-refractivity contribution in [1.29, 1.82) is 0 Å². The smallest absolute Gasteiger partial charge is 0.219 e. The van der Waals surface area contributed by atoms with Gasteiger partial charge < -0.3 is 33.8 Å². The number of morpholine rings is 2. The summed E-state index contributed by atoms with van der Waals surface area (Å²) in [5.74, 6) is 0.158. The zero-order valence-corrected chi connectivity index (χ0v) is 32.3. The Balaban J connectivity index is 0.000000160. The van der Waals surface area contributed by atoms with Crippen LogP contribution >= 0.6 is 27.7 Å². The maximum Gasteiger partial charge on any atom is 0.219 e. The standard InChI is InChI=1S/C22H20N4O4S.C18H16BrNO2S/c23-22-24-12-16(13-25-22)15-9-17(26-5-7-29-8-6-26)11-18(10-15)31(27,28)21-14-30-20-4-2-1-3-19(20)21;19-13-9-14(20-5-7-21-8-6-20)11-15(10-13)23-18-12-22-17-4-2-1-3-16(17)18/h1-4,9-14H,5-8H2,(H2,23,24,25);1-4,9-12H,5-8H2. The van der Waals surface area contributed by atoms with Crippen molar-refractivity contribution in [2.24, 2.45) is 0 Å². The molecule has 5 heterocycles. The summed E-state index contributed by atoms with van der Waals surface area (Å²) in [6.07, 6.45) is 6.31. The maximum absolute atomic E-state index is 13.6. The number of benzene rings is 4. The lowest BCUT2D eigenvalue weighted by molar-refractivity contribution is 0.122. The van der Waals surface area contributed by atoms with E-state index in [0.29, 0.717) is 48.4 Å². The maximum atomic E-state index is 13.6. The van der Waals surface area contributed by atoms with E-state index in [1.165, 1.54) is 16.8 Å². The van der Waals surface area contributed by atoms with Crippen LogP contribution in [0.2, 0.25) is 0 Å². The molecular formula is C40H36BrN5O6S2. The van der Waals surface area contributed by atoms with Crippen molar-refractivity contribution in [1.82, 2.24) is 9.97 Å². The van der Waals surface area contributed by atoms with E-state index in [1.54, 1.807) is 60.6 Å². The van der Waals surface area contributed by atoms with Gasteiger partial charge in [0.05, 0.1) is 36.2 Å². The number of anilines is 3. The highest BCUT2D eigenvalue weighted by molar-refractivity contribution is 9.10. The second-order valence-electron chi connectivity index (χ2n) is 12.7. The molecule has 0 aliphatic carbocycles. The molecule has 3 aromatic heterocycles. The van der Waals surface area contributed by atoms with Gasteiger partial charge in [-0.05, 0) is 66.2 Å². The van der Waals surface area contributed by atoms with Gasteiger partial charge in [0, 0.05) is 75.7 Å². The first kappa shape index (κ1) is 36.1. The van der Waals surface area contributed by atoms with Gasteiger partial charge in [0.2, 0.25) is 15.8 Å². The molecule has 0 radical (unpaired) electrons. The quantitative estimate of drug-likeness (QED) is 0.166. The SMILES string of the molecule is Brc1cc(Sc2coc3ccccc23)cc(N2CCOCC2)c1.Nc1ncc(-c2cc(N3CCOCC3)cc(S(=O)(=O)c3coc4ccccc34)c2)cn1. The molecule has 0 bridgehead atoms. The highest BCUT2D eigenvalue weighted by Gasteiger charge is 2.26. The van der Waals surface area contributed by atoms with E-state index in [2.05, 4.69) is 60.0 Å². The first-order chi connectivity index (χ1) is 26.3. The van der Waals surface area contributed by atoms with Crippen molar-refractivity contribution < 1.29 is 26.7 Å². The third-order valence-electron chi connectivity index (χ3n) is 9.22. The average Bonchev–Trinajstić information content (AvgIpc) is 3.84. The molecular weight excluding hydrogens is 791 g/mol. The van der Waals surface area contributed by atoms with E-state index >= 15 is 0 Å². The van der Waals surface area contributed by atoms with E-state index < -0.39 is 9.84 Å². The van der Waals surface area contributed by atoms with Gasteiger partial charge in [-0.3, -0.25) is 0 Å². The second kappa shape index (κ2) is 15.9. The van der Waals surface area contributed by atoms with E-state index in [4.69, 9.17) is 24.0 Å². The fraction of sp³-hybridized carbons (Fsp3) is 0.200. The lowest BCUT2D eigenvalue weighted by Crippen LogP contribution is -2.36. The van der Waals surface area contributed by atoms with E-state index in [0.717, 1.165) is 52.3 Å². The number of hydrogen-bond donors (Lipinski definition) is 1. The molecule has 11 nitrogen and oxygen atoms in total. The molecule has 7 aromatic rings. The molecule has 14 heteroatoms. The van der Waals surface area contributed by atoms with Gasteiger partial charge in [0.1, 0.15) is 28.6 Å². The van der Waals surface area contributed by atoms with E-state index in [-0.39, 0.29) is 15.7 Å². The van der Waals surface area contributed by atoms with Crippen LogP contribution in [0.3, 0.4) is 0 Å². The van der Waals surface area contributed by atoms with Crippen molar-refractivity contribution in [2.75, 3.05) is 68.1 Å². The summed E-state index contributed by atoms with van der Waals surface area (Å²) in [5.41, 5.74) is 10.5. The highest BCUT2D eigenvalue weighted by atomic mass is 79.9. The third-order valence-corrected chi connectivity index (χ3v) is 12.4. The van der Waals surface area contributed by atoms with Crippen molar-refractivity contribution in [3.63, 3.8) is 0 Å². The fourth-order valence-corrected chi connectivity index (χ4v) is 9.53. The summed E-state index contributed by atoms with van der Waals surface area (Å²) in [4.78, 5) is 15.2. The normalized spacial score (nSPS) is 15.0. The number of nitrogens with zero attached hydrogens (tertiary/aromatic N) is 4. The van der Waals surface area contributed by atoms with Crippen LogP contribution in [0.25, 0.3) is 33.1 Å². The molecule has 2 aliphatic rings. The van der Waals surface area contributed by atoms with Crippen LogP contribution in [0, 0.1) is 0 Å². The summed E-state index contributed by atoms with van der Waals surface area (Å²) in [6.45, 7) is 5.99. The molecule has 2 saturated heterocycles. The van der Waals surface area contributed by atoms with Crippen LogP contribution in [0.5, 0.6) is 0 Å². The number of nitrogens with two attached hydrogens (primary N) is 1. The van der Waals surface area contributed by atoms with Crippen molar-refractivity contribution in [2.45, 2.75) is 19.6 Å². The predicted octanol–water partition coefficient (Wildman–Crippen LogP) is 8.32. The zero-order valence-electron chi connectivity index (χ0n) is 29.1. The molecule has 0 unspecified atom stereocenters. The molecule has 0 atom stereocenters. The van der Waals surface area contributed by atoms with Gasteiger partial charge in [-0.15, -0.1) is 0 Å². The fourth-order valence-electron chi connectivity index (χ4n) is 6.46. The van der Waals surface area contributed by atoms with Crippen LogP contribution in [0.1, 0.15) is 0 Å². The lowest BCUT2D eigenvalue weighted by atomic mass is 10.1. The average molecular weight is 827 g/mol. The van der Waals surface area contributed by atoms with Crippen molar-refractivity contribution in [3.05, 3.63) is 114 Å². The number of furan rings is 2. The minimum atomic E-state index is -3.84. The molecule has 9 rings (SSSR count). The number of rotatable bonds is 7. The summed E-state index contributed by atoms with van der Waals surface area (Å²) < 4.78 is 50.4. The van der Waals surface area contributed by atoms with E-state index in [1.807, 2.05) is 30.5 Å². The minimum absolute atomic E-state index is 0.140. The Bertz CT molecular complexity index is 2510. The highest BCUT2D eigenvalue weighted by Crippen LogP contribution is 2.38. The van der Waals surface area contributed by atoms with Gasteiger partial charge in [0.15, 0.2) is 0 Å². The molecule has 276 valence electrons. The number of nitrogen functional groups attached to an aromatic ring is 1. The topological polar surface area (TPSA) is 137 Å². The number of sulfone groups is 1. The van der Waals surface area contributed by atoms with Crippen molar-refractivity contribution >= 4 is 76.8 Å². The van der Waals surface area contributed by atoms with Gasteiger partial charge in [-0.2, -0.15) is 0 Å². The lowest BCUT2D eigenvalue weighted by Gasteiger charge is -2.29. The molecule has 0 amide bonds. The van der Waals surface area contributed by atoms with Crippen LogP contribution in [0.15, 0.2) is 143 Å². The summed E-state index contributed by atoms with van der Waals surface area (Å²) >= 11 is 5.37. The largest absolute Gasteiger partial charge is 0.463 e. The van der Waals surface area contributed by atoms with Crippen LogP contribution in [-0.4, -0.2) is 71.0 Å². The minimum Gasteiger partial charge on any atom is -0.463 e. The first-order valence-electron chi connectivity index (χ1n) is 17.4. The van der Waals surface area contributed by atoms with Crippen molar-refractivity contribution in [3.8, 4) is 11.1 Å². The first-order valence-corrected chi connectivity index (χ1v) is 20.5. The van der Waals surface area contributed by atoms with Crippen LogP contribution in [0.4, 0.5) is 17.3 Å². The summed E-state index contributed by atoms with van der Waals surface area (Å²) in [6, 6.07) is 27.1. The summed E-state index contributed by atoms with van der Waals surface area (Å²) in [7, 11) is -3.84. The zero-order chi connectivity index (χ0) is 37.1. The molecule has 54 heavy (non-hydrogen) atoms. The Morgan fingerprint density at radius 1 is 0.685 bits per heavy atom. The van der Waals surface area contributed by atoms with E-state index in [9.17, 15) is 8.42 Å². The van der Waals surface area contributed by atoms with Gasteiger partial charge in [0.25, 0.3) is 0 Å². The Hall–Kier alpha value is -4.86. The predicted molar refractivity (Wildman–Crippen MR) is 214 cm³/mol.